The molecule has 24 heavy (non-hydrogen) atoms. The van der Waals surface area contributed by atoms with E-state index >= 15 is 0 Å². The summed E-state index contributed by atoms with van der Waals surface area (Å²) >= 11 is 0. The highest BCUT2D eigenvalue weighted by atomic mass is 16.6. The van der Waals surface area contributed by atoms with Gasteiger partial charge >= 0.3 is 11.9 Å². The first-order valence-electron chi connectivity index (χ1n) is 7.54. The number of hydrogen-bond acceptors (Lipinski definition) is 3. The van der Waals surface area contributed by atoms with Gasteiger partial charge in [0, 0.05) is 11.1 Å². The fraction of sp³-hybridized carbons (Fsp3) is 0.263. The van der Waals surface area contributed by atoms with Gasteiger partial charge in [-0.1, -0.05) is 55.1 Å². The summed E-state index contributed by atoms with van der Waals surface area (Å²) in [4.78, 5) is 20.6. The van der Waals surface area contributed by atoms with Gasteiger partial charge in [-0.25, -0.2) is 9.59 Å². The van der Waals surface area contributed by atoms with Gasteiger partial charge in [-0.05, 0) is 25.3 Å². The Kier molecular flexibility index (Phi) is 8.22. The molecule has 1 unspecified atom stereocenters. The first-order chi connectivity index (χ1) is 11.4. The van der Waals surface area contributed by atoms with E-state index in [0.717, 1.165) is 18.6 Å². The van der Waals surface area contributed by atoms with E-state index in [2.05, 4.69) is 6.58 Å². The Morgan fingerprint density at radius 1 is 1.25 bits per heavy atom. The minimum atomic E-state index is -0.942. The van der Waals surface area contributed by atoms with Crippen LogP contribution < -0.4 is 0 Å². The second kappa shape index (κ2) is 10.2. The van der Waals surface area contributed by atoms with Gasteiger partial charge in [0.15, 0.2) is 0 Å². The molecule has 1 heterocycles. The number of hydrogen-bond donors (Lipinski definition) is 2. The van der Waals surface area contributed by atoms with Crippen LogP contribution in [0.4, 0.5) is 0 Å². The van der Waals surface area contributed by atoms with Crippen LogP contribution in [0.1, 0.15) is 25.3 Å². The van der Waals surface area contributed by atoms with E-state index in [1.54, 1.807) is 19.1 Å². The average molecular weight is 330 g/mol. The van der Waals surface area contributed by atoms with E-state index in [9.17, 15) is 9.59 Å². The van der Waals surface area contributed by atoms with Gasteiger partial charge in [-0.2, -0.15) is 0 Å². The monoisotopic (exact) mass is 330 g/mol. The van der Waals surface area contributed by atoms with Crippen molar-refractivity contribution in [2.75, 3.05) is 6.61 Å². The van der Waals surface area contributed by atoms with Crippen LogP contribution >= 0.6 is 0 Å². The highest BCUT2D eigenvalue weighted by Gasteiger charge is 2.20. The van der Waals surface area contributed by atoms with Crippen LogP contribution in [-0.4, -0.2) is 34.9 Å². The molecule has 0 amide bonds. The Morgan fingerprint density at radius 3 is 2.38 bits per heavy atom. The molecule has 1 aromatic carbocycles. The third-order valence-corrected chi connectivity index (χ3v) is 3.20. The van der Waals surface area contributed by atoms with E-state index in [1.165, 1.54) is 0 Å². The molecule has 5 nitrogen and oxygen atoms in total. The molecule has 1 atom stereocenters. The summed E-state index contributed by atoms with van der Waals surface area (Å²) in [7, 11) is 0. The molecule has 1 fully saturated rings. The molecule has 1 aromatic rings. The summed E-state index contributed by atoms with van der Waals surface area (Å²) in [6.07, 6.45) is 6.77. The molecule has 128 valence electrons. The summed E-state index contributed by atoms with van der Waals surface area (Å²) in [6.45, 7) is 5.80. The van der Waals surface area contributed by atoms with E-state index in [0.29, 0.717) is 12.0 Å². The van der Waals surface area contributed by atoms with Crippen molar-refractivity contribution < 1.29 is 24.5 Å². The largest absolute Gasteiger partial charge is 0.478 e. The number of epoxide rings is 1. The molecule has 5 heteroatoms. The van der Waals surface area contributed by atoms with Crippen LogP contribution in [0.25, 0.3) is 6.08 Å². The van der Waals surface area contributed by atoms with E-state index in [-0.39, 0.29) is 11.7 Å². The molecule has 0 aromatic heterocycles. The number of aliphatic carboxylic acids is 2. The van der Waals surface area contributed by atoms with Gasteiger partial charge in [0.05, 0.1) is 12.7 Å². The lowest BCUT2D eigenvalue weighted by Crippen LogP contribution is -1.96. The Labute approximate surface area is 141 Å². The maximum absolute atomic E-state index is 10.4. The molecule has 0 spiro atoms. The van der Waals surface area contributed by atoms with Gasteiger partial charge < -0.3 is 14.9 Å². The second-order valence-corrected chi connectivity index (χ2v) is 5.31. The van der Waals surface area contributed by atoms with Crippen molar-refractivity contribution in [1.29, 1.82) is 0 Å². The molecule has 2 N–H and O–H groups in total. The van der Waals surface area contributed by atoms with Crippen LogP contribution in [0, 0.1) is 0 Å². The highest BCUT2D eigenvalue weighted by Crippen LogP contribution is 2.14. The number of ether oxygens (including phenoxy) is 1. The Morgan fingerprint density at radius 2 is 1.88 bits per heavy atom. The summed E-state index contributed by atoms with van der Waals surface area (Å²) in [5.41, 5.74) is 1.67. The first-order valence-corrected chi connectivity index (χ1v) is 7.54. The van der Waals surface area contributed by atoms with Crippen LogP contribution in [0.2, 0.25) is 0 Å². The minimum Gasteiger partial charge on any atom is -0.478 e. The molecule has 1 aliphatic heterocycles. The fourth-order valence-corrected chi connectivity index (χ4v) is 1.59. The van der Waals surface area contributed by atoms with Gasteiger partial charge in [0.25, 0.3) is 0 Å². The number of carboxylic acids is 2. The van der Waals surface area contributed by atoms with Crippen LogP contribution in [0.15, 0.2) is 60.2 Å². The number of carboxylic acid groups (broad SMARTS) is 2. The number of carbonyl (C=O) groups is 2. The van der Waals surface area contributed by atoms with E-state index < -0.39 is 11.9 Å². The van der Waals surface area contributed by atoms with Gasteiger partial charge in [-0.3, -0.25) is 0 Å². The van der Waals surface area contributed by atoms with E-state index in [1.807, 2.05) is 36.4 Å². The van der Waals surface area contributed by atoms with Crippen molar-refractivity contribution in [1.82, 2.24) is 0 Å². The quantitative estimate of drug-likeness (QED) is 0.590. The van der Waals surface area contributed by atoms with Crippen LogP contribution in [-0.2, 0) is 14.3 Å². The van der Waals surface area contributed by atoms with Crippen molar-refractivity contribution in [2.45, 2.75) is 25.9 Å². The molecule has 0 aliphatic carbocycles. The van der Waals surface area contributed by atoms with Crippen molar-refractivity contribution in [3.8, 4) is 0 Å². The zero-order valence-corrected chi connectivity index (χ0v) is 13.6. The first kappa shape index (κ1) is 19.4. The van der Waals surface area contributed by atoms with E-state index in [4.69, 9.17) is 14.9 Å². The molecule has 0 saturated carbocycles. The lowest BCUT2D eigenvalue weighted by molar-refractivity contribution is -0.133. The second-order valence-electron chi connectivity index (χ2n) is 5.31. The lowest BCUT2D eigenvalue weighted by atomic mass is 10.1. The number of rotatable bonds is 7. The predicted molar refractivity (Wildman–Crippen MR) is 92.6 cm³/mol. The molecule has 2 rings (SSSR count). The number of allylic oxidation sites excluding steroid dienone is 1. The normalized spacial score (nSPS) is 16.2. The summed E-state index contributed by atoms with van der Waals surface area (Å²) < 4.78 is 4.90. The predicted octanol–water partition coefficient (Wildman–Crippen LogP) is 3.54. The van der Waals surface area contributed by atoms with Crippen molar-refractivity contribution in [3.63, 3.8) is 0 Å². The van der Waals surface area contributed by atoms with Gasteiger partial charge in [-0.15, -0.1) is 0 Å². The molecular weight excluding hydrogens is 308 g/mol. The standard InChI is InChI=1S/C12H12O2.C7H10O3/c1-10(12(13)14)6-5-9-11-7-3-2-4-8-11;1-5(7(8)9)2-3-6-4-10-6/h2-5,7-9H,1,6H2,(H,13,14);2,6H,3-4H2,1H3,(H,8,9). The topological polar surface area (TPSA) is 87.1 Å². The number of benzene rings is 1. The highest BCUT2D eigenvalue weighted by molar-refractivity contribution is 5.86. The fourth-order valence-electron chi connectivity index (χ4n) is 1.59. The third kappa shape index (κ3) is 8.70. The van der Waals surface area contributed by atoms with Gasteiger partial charge in [0.2, 0.25) is 0 Å². The Balaban J connectivity index is 0.000000254. The summed E-state index contributed by atoms with van der Waals surface area (Å²) in [5.74, 6) is -1.79. The van der Waals surface area contributed by atoms with Crippen molar-refractivity contribution >= 4 is 18.0 Å². The third-order valence-electron chi connectivity index (χ3n) is 3.20. The molecular formula is C19H22O5. The van der Waals surface area contributed by atoms with Gasteiger partial charge in [0.1, 0.15) is 0 Å². The lowest BCUT2D eigenvalue weighted by Gasteiger charge is -1.93. The Bertz CT molecular complexity index is 624. The summed E-state index contributed by atoms with van der Waals surface area (Å²) in [6, 6.07) is 9.73. The van der Waals surface area contributed by atoms with Crippen LogP contribution in [0.3, 0.4) is 0 Å². The van der Waals surface area contributed by atoms with Crippen molar-refractivity contribution in [2.24, 2.45) is 0 Å². The maximum atomic E-state index is 10.4. The summed E-state index contributed by atoms with van der Waals surface area (Å²) in [5, 5.41) is 17.0. The molecule has 1 saturated heterocycles. The molecule has 0 radical (unpaired) electrons. The van der Waals surface area contributed by atoms with Crippen LogP contribution in [0.5, 0.6) is 0 Å². The smallest absolute Gasteiger partial charge is 0.331 e. The Hall–Kier alpha value is -2.66. The molecule has 1 aliphatic rings. The zero-order chi connectivity index (χ0) is 17.9. The van der Waals surface area contributed by atoms with Crippen molar-refractivity contribution in [3.05, 3.63) is 65.8 Å². The maximum Gasteiger partial charge on any atom is 0.331 e. The minimum absolute atomic E-state index is 0.206. The zero-order valence-electron chi connectivity index (χ0n) is 13.6. The average Bonchev–Trinajstić information content (AvgIpc) is 3.38. The molecule has 0 bridgehead atoms. The SMILES string of the molecule is C=C(CC=Cc1ccccc1)C(=O)O.CC(=CCC1CO1)C(=O)O.